The van der Waals surface area contributed by atoms with Crippen molar-refractivity contribution in [2.24, 2.45) is 0 Å². The second-order valence-corrected chi connectivity index (χ2v) is 2.97. The molecule has 0 spiro atoms. The Balaban J connectivity index is 3.02. The smallest absolute Gasteiger partial charge is 0.257 e. The maximum absolute atomic E-state index is 13.2. The van der Waals surface area contributed by atoms with Crippen molar-refractivity contribution in [3.8, 4) is 12.3 Å². The number of nitrogens with zero attached hydrogens (tertiary/aromatic N) is 1. The highest BCUT2D eigenvalue weighted by molar-refractivity contribution is 5.94. The number of terminal acetylenes is 1. The van der Waals surface area contributed by atoms with Crippen molar-refractivity contribution in [3.05, 3.63) is 35.4 Å². The summed E-state index contributed by atoms with van der Waals surface area (Å²) in [5.41, 5.74) is -0.312. The molecular weight excluding hydrogens is 200 g/mol. The first-order chi connectivity index (χ1) is 7.07. The molecule has 1 aromatic rings. The van der Waals surface area contributed by atoms with Crippen LogP contribution in [0.1, 0.15) is 10.4 Å². The predicted octanol–water partition coefficient (Wildman–Crippen LogP) is 1.67. The zero-order valence-corrected chi connectivity index (χ0v) is 8.13. The minimum atomic E-state index is -1.15. The van der Waals surface area contributed by atoms with Crippen LogP contribution in [0.3, 0.4) is 0 Å². The van der Waals surface area contributed by atoms with Gasteiger partial charge in [-0.25, -0.2) is 8.78 Å². The number of rotatable bonds is 2. The molecule has 4 heteroatoms. The molecule has 1 rings (SSSR count). The number of carbonyl (C=O) groups excluding carboxylic acids is 1. The molecule has 15 heavy (non-hydrogen) atoms. The van der Waals surface area contributed by atoms with E-state index in [1.807, 2.05) is 0 Å². The van der Waals surface area contributed by atoms with Gasteiger partial charge in [0.15, 0.2) is 11.6 Å². The summed E-state index contributed by atoms with van der Waals surface area (Å²) in [6, 6.07) is 3.44. The third-order valence-corrected chi connectivity index (χ3v) is 1.86. The molecule has 0 aliphatic rings. The Morgan fingerprint density at radius 1 is 1.53 bits per heavy atom. The van der Waals surface area contributed by atoms with E-state index in [1.54, 1.807) is 0 Å². The number of halogens is 2. The first-order valence-corrected chi connectivity index (χ1v) is 4.21. The van der Waals surface area contributed by atoms with Crippen LogP contribution < -0.4 is 0 Å². The summed E-state index contributed by atoms with van der Waals surface area (Å²) in [7, 11) is 1.42. The molecule has 0 unspecified atom stereocenters. The van der Waals surface area contributed by atoms with Crippen LogP contribution in [0.4, 0.5) is 8.78 Å². The third kappa shape index (κ3) is 2.32. The minimum absolute atomic E-state index is 0.0504. The maximum atomic E-state index is 13.2. The summed E-state index contributed by atoms with van der Waals surface area (Å²) in [4.78, 5) is 12.7. The van der Waals surface area contributed by atoms with Crippen molar-refractivity contribution >= 4 is 5.91 Å². The summed E-state index contributed by atoms with van der Waals surface area (Å²) < 4.78 is 26.0. The highest BCUT2D eigenvalue weighted by Crippen LogP contribution is 2.12. The van der Waals surface area contributed by atoms with E-state index in [-0.39, 0.29) is 12.1 Å². The standard InChI is InChI=1S/C11H9F2NO/c1-3-7-14(2)11(15)8-5-4-6-9(12)10(8)13/h1,4-6H,7H2,2H3. The number of carbonyl (C=O) groups is 1. The van der Waals surface area contributed by atoms with Gasteiger partial charge in [-0.3, -0.25) is 4.79 Å². The van der Waals surface area contributed by atoms with Crippen LogP contribution in [0, 0.1) is 24.0 Å². The topological polar surface area (TPSA) is 20.3 Å². The number of hydrogen-bond acceptors (Lipinski definition) is 1. The molecule has 0 saturated carbocycles. The van der Waals surface area contributed by atoms with Crippen LogP contribution in [0.15, 0.2) is 18.2 Å². The van der Waals surface area contributed by atoms with Gasteiger partial charge in [-0.2, -0.15) is 0 Å². The van der Waals surface area contributed by atoms with Gasteiger partial charge in [0.05, 0.1) is 12.1 Å². The van der Waals surface area contributed by atoms with Gasteiger partial charge in [0.1, 0.15) is 0 Å². The fraction of sp³-hybridized carbons (Fsp3) is 0.182. The second-order valence-electron chi connectivity index (χ2n) is 2.97. The van der Waals surface area contributed by atoms with Crippen LogP contribution in [-0.4, -0.2) is 24.4 Å². The van der Waals surface area contributed by atoms with E-state index >= 15 is 0 Å². The fourth-order valence-electron chi connectivity index (χ4n) is 1.08. The van der Waals surface area contributed by atoms with Crippen molar-refractivity contribution in [2.75, 3.05) is 13.6 Å². The van der Waals surface area contributed by atoms with Crippen molar-refractivity contribution < 1.29 is 13.6 Å². The number of amides is 1. The monoisotopic (exact) mass is 209 g/mol. The van der Waals surface area contributed by atoms with E-state index < -0.39 is 17.5 Å². The van der Waals surface area contributed by atoms with E-state index in [1.165, 1.54) is 19.2 Å². The van der Waals surface area contributed by atoms with Gasteiger partial charge in [-0.15, -0.1) is 6.42 Å². The third-order valence-electron chi connectivity index (χ3n) is 1.86. The average molecular weight is 209 g/mol. The van der Waals surface area contributed by atoms with Gasteiger partial charge in [0, 0.05) is 7.05 Å². The molecule has 1 aromatic carbocycles. The molecule has 2 nitrogen and oxygen atoms in total. The predicted molar refractivity (Wildman–Crippen MR) is 52.2 cm³/mol. The largest absolute Gasteiger partial charge is 0.330 e. The summed E-state index contributed by atoms with van der Waals surface area (Å²) in [6.45, 7) is 0.0504. The summed E-state index contributed by atoms with van der Waals surface area (Å²) in [5, 5.41) is 0. The van der Waals surface area contributed by atoms with Crippen LogP contribution in [0.25, 0.3) is 0 Å². The molecule has 0 aliphatic carbocycles. The zero-order valence-electron chi connectivity index (χ0n) is 8.13. The van der Waals surface area contributed by atoms with Crippen LogP contribution in [0.5, 0.6) is 0 Å². The molecule has 0 N–H and O–H groups in total. The molecule has 0 saturated heterocycles. The van der Waals surface area contributed by atoms with Crippen molar-refractivity contribution in [3.63, 3.8) is 0 Å². The molecule has 0 aromatic heterocycles. The van der Waals surface area contributed by atoms with Crippen molar-refractivity contribution in [1.29, 1.82) is 0 Å². The highest BCUT2D eigenvalue weighted by atomic mass is 19.2. The van der Waals surface area contributed by atoms with E-state index in [0.717, 1.165) is 11.0 Å². The van der Waals surface area contributed by atoms with Crippen molar-refractivity contribution in [2.45, 2.75) is 0 Å². The lowest BCUT2D eigenvalue weighted by Gasteiger charge is -2.14. The van der Waals surface area contributed by atoms with Crippen LogP contribution in [0.2, 0.25) is 0 Å². The van der Waals surface area contributed by atoms with E-state index in [0.29, 0.717) is 0 Å². The van der Waals surface area contributed by atoms with Gasteiger partial charge >= 0.3 is 0 Å². The first kappa shape index (κ1) is 11.2. The Labute approximate surface area is 86.5 Å². The van der Waals surface area contributed by atoms with Gasteiger partial charge < -0.3 is 4.90 Å². The normalized spacial score (nSPS) is 9.47. The molecule has 78 valence electrons. The van der Waals surface area contributed by atoms with Gasteiger partial charge in [-0.1, -0.05) is 12.0 Å². The minimum Gasteiger partial charge on any atom is -0.330 e. The lowest BCUT2D eigenvalue weighted by atomic mass is 10.2. The Bertz CT molecular complexity index is 423. The molecule has 0 aliphatic heterocycles. The van der Waals surface area contributed by atoms with Crippen molar-refractivity contribution in [1.82, 2.24) is 4.90 Å². The summed E-state index contributed by atoms with van der Waals surface area (Å²) in [5.74, 6) is -0.586. The Hall–Kier alpha value is -1.89. The lowest BCUT2D eigenvalue weighted by Crippen LogP contribution is -2.28. The van der Waals surface area contributed by atoms with Crippen LogP contribution in [-0.2, 0) is 0 Å². The van der Waals surface area contributed by atoms with Gasteiger partial charge in [-0.05, 0) is 12.1 Å². The first-order valence-electron chi connectivity index (χ1n) is 4.21. The molecule has 0 radical (unpaired) electrons. The Morgan fingerprint density at radius 2 is 2.20 bits per heavy atom. The summed E-state index contributed by atoms with van der Waals surface area (Å²) >= 11 is 0. The summed E-state index contributed by atoms with van der Waals surface area (Å²) in [6.07, 6.45) is 5.00. The molecule has 0 fully saturated rings. The Morgan fingerprint density at radius 3 is 2.80 bits per heavy atom. The second kappa shape index (κ2) is 4.56. The quantitative estimate of drug-likeness (QED) is 0.678. The maximum Gasteiger partial charge on any atom is 0.257 e. The molecule has 0 bridgehead atoms. The molecule has 0 atom stereocenters. The van der Waals surface area contributed by atoms with E-state index in [4.69, 9.17) is 6.42 Å². The molecule has 1 amide bonds. The number of hydrogen-bond donors (Lipinski definition) is 0. The highest BCUT2D eigenvalue weighted by Gasteiger charge is 2.17. The average Bonchev–Trinajstić information content (AvgIpc) is 2.21. The fourth-order valence-corrected chi connectivity index (χ4v) is 1.08. The molecule has 0 heterocycles. The van der Waals surface area contributed by atoms with E-state index in [2.05, 4.69) is 5.92 Å². The van der Waals surface area contributed by atoms with Gasteiger partial charge in [0.25, 0.3) is 5.91 Å². The zero-order chi connectivity index (χ0) is 11.4. The lowest BCUT2D eigenvalue weighted by molar-refractivity contribution is 0.0807. The SMILES string of the molecule is C#CCN(C)C(=O)c1cccc(F)c1F. The number of benzene rings is 1. The molecular formula is C11H9F2NO. The van der Waals surface area contributed by atoms with E-state index in [9.17, 15) is 13.6 Å². The van der Waals surface area contributed by atoms with Gasteiger partial charge in [0.2, 0.25) is 0 Å². The van der Waals surface area contributed by atoms with Crippen LogP contribution >= 0.6 is 0 Å². The Kier molecular flexibility index (Phi) is 3.40.